The molecule has 110 valence electrons. The molecule has 0 saturated carbocycles. The predicted molar refractivity (Wildman–Crippen MR) is 73.7 cm³/mol. The van der Waals surface area contributed by atoms with Crippen LogP contribution >= 0.6 is 0 Å². The van der Waals surface area contributed by atoms with Gasteiger partial charge in [-0.3, -0.25) is 4.79 Å². The number of sulfonamides is 1. The fourth-order valence-electron chi connectivity index (χ4n) is 2.51. The van der Waals surface area contributed by atoms with Gasteiger partial charge in [-0.05, 0) is 25.0 Å². The normalized spacial score (nSPS) is 20.1. The second-order valence-corrected chi connectivity index (χ2v) is 6.59. The summed E-state index contributed by atoms with van der Waals surface area (Å²) in [6, 6.07) is 5.83. The lowest BCUT2D eigenvalue weighted by atomic mass is 10.2. The number of nitrogens with two attached hydrogens (primary N) is 1. The highest BCUT2D eigenvalue weighted by Gasteiger charge is 2.36. The molecule has 1 amide bonds. The van der Waals surface area contributed by atoms with Crippen LogP contribution in [0.15, 0.2) is 29.2 Å². The first-order valence-electron chi connectivity index (χ1n) is 6.38. The number of hydrogen-bond acceptors (Lipinski definition) is 4. The number of methoxy groups -OCH3 is 1. The van der Waals surface area contributed by atoms with Gasteiger partial charge in [0, 0.05) is 19.7 Å². The first-order chi connectivity index (χ1) is 9.48. The van der Waals surface area contributed by atoms with Crippen molar-refractivity contribution >= 4 is 15.9 Å². The van der Waals surface area contributed by atoms with Gasteiger partial charge in [-0.25, -0.2) is 8.42 Å². The Kier molecular flexibility index (Phi) is 4.42. The standard InChI is InChI=1S/C13H18N2O4S/c1-19-9-10-5-4-8-15(10)20(17,18)12-7-3-2-6-11(12)13(14)16/h2-3,6-7,10H,4-5,8-9H2,1H3,(H2,14,16)/t10-/m0/s1. The molecule has 1 heterocycles. The molecule has 0 unspecified atom stereocenters. The van der Waals surface area contributed by atoms with Gasteiger partial charge in [-0.15, -0.1) is 0 Å². The molecule has 6 nitrogen and oxygen atoms in total. The molecule has 0 aromatic heterocycles. The number of amides is 1. The highest BCUT2D eigenvalue weighted by molar-refractivity contribution is 7.89. The van der Waals surface area contributed by atoms with Crippen LogP contribution in [0.4, 0.5) is 0 Å². The summed E-state index contributed by atoms with van der Waals surface area (Å²) in [6.07, 6.45) is 1.54. The Morgan fingerprint density at radius 3 is 2.80 bits per heavy atom. The Labute approximate surface area is 118 Å². The number of hydrogen-bond donors (Lipinski definition) is 1. The molecular formula is C13H18N2O4S. The van der Waals surface area contributed by atoms with Gasteiger partial charge in [0.25, 0.3) is 0 Å². The largest absolute Gasteiger partial charge is 0.383 e. The van der Waals surface area contributed by atoms with Gasteiger partial charge in [0.15, 0.2) is 0 Å². The molecule has 1 fully saturated rings. The van der Waals surface area contributed by atoms with E-state index in [4.69, 9.17) is 10.5 Å². The van der Waals surface area contributed by atoms with Crippen molar-refractivity contribution in [3.63, 3.8) is 0 Å². The number of rotatable bonds is 5. The number of carbonyl (C=O) groups excluding carboxylic acids is 1. The van der Waals surface area contributed by atoms with Gasteiger partial charge < -0.3 is 10.5 Å². The summed E-state index contributed by atoms with van der Waals surface area (Å²) in [5.74, 6) is -0.744. The Morgan fingerprint density at radius 1 is 1.45 bits per heavy atom. The van der Waals surface area contributed by atoms with E-state index in [0.717, 1.165) is 12.8 Å². The van der Waals surface area contributed by atoms with Crippen molar-refractivity contribution in [3.8, 4) is 0 Å². The van der Waals surface area contributed by atoms with Gasteiger partial charge in [0.2, 0.25) is 15.9 Å². The fraction of sp³-hybridized carbons (Fsp3) is 0.462. The predicted octanol–water partition coefficient (Wildman–Crippen LogP) is 0.585. The molecule has 0 aliphatic carbocycles. The van der Waals surface area contributed by atoms with Gasteiger partial charge >= 0.3 is 0 Å². The summed E-state index contributed by atoms with van der Waals surface area (Å²) in [5, 5.41) is 0. The molecule has 1 aromatic rings. The average molecular weight is 298 g/mol. The number of benzene rings is 1. The van der Waals surface area contributed by atoms with Crippen LogP contribution in [0.2, 0.25) is 0 Å². The van der Waals surface area contributed by atoms with Gasteiger partial charge in [0.05, 0.1) is 17.1 Å². The van der Waals surface area contributed by atoms with Crippen LogP contribution in [0.1, 0.15) is 23.2 Å². The minimum absolute atomic E-state index is 0.0237. The quantitative estimate of drug-likeness (QED) is 0.861. The zero-order chi connectivity index (χ0) is 14.8. The van der Waals surface area contributed by atoms with E-state index in [1.54, 1.807) is 19.2 Å². The van der Waals surface area contributed by atoms with E-state index in [1.807, 2.05) is 0 Å². The summed E-state index contributed by atoms with van der Waals surface area (Å²) in [6.45, 7) is 0.779. The summed E-state index contributed by atoms with van der Waals surface area (Å²) in [5.41, 5.74) is 5.28. The number of carbonyl (C=O) groups is 1. The van der Waals surface area contributed by atoms with Crippen molar-refractivity contribution < 1.29 is 17.9 Å². The van der Waals surface area contributed by atoms with Crippen molar-refractivity contribution in [2.45, 2.75) is 23.8 Å². The first-order valence-corrected chi connectivity index (χ1v) is 7.82. The van der Waals surface area contributed by atoms with Crippen LogP contribution < -0.4 is 5.73 Å². The molecule has 2 rings (SSSR count). The van der Waals surface area contributed by atoms with Crippen LogP contribution in [-0.4, -0.2) is 44.9 Å². The lowest BCUT2D eigenvalue weighted by Gasteiger charge is -2.24. The van der Waals surface area contributed by atoms with E-state index < -0.39 is 15.9 Å². The summed E-state index contributed by atoms with van der Waals surface area (Å²) >= 11 is 0. The highest BCUT2D eigenvalue weighted by atomic mass is 32.2. The second-order valence-electron chi connectivity index (χ2n) is 4.73. The zero-order valence-electron chi connectivity index (χ0n) is 11.3. The van der Waals surface area contributed by atoms with Crippen LogP contribution in [-0.2, 0) is 14.8 Å². The third kappa shape index (κ3) is 2.70. The molecule has 7 heteroatoms. The molecule has 1 saturated heterocycles. The van der Waals surface area contributed by atoms with E-state index in [0.29, 0.717) is 13.2 Å². The first kappa shape index (κ1) is 15.0. The Morgan fingerprint density at radius 2 is 2.15 bits per heavy atom. The summed E-state index contributed by atoms with van der Waals surface area (Å²) in [7, 11) is -2.19. The van der Waals surface area contributed by atoms with Crippen molar-refractivity contribution in [2.24, 2.45) is 5.73 Å². The number of ether oxygens (including phenoxy) is 1. The minimum Gasteiger partial charge on any atom is -0.383 e. The zero-order valence-corrected chi connectivity index (χ0v) is 12.1. The Hall–Kier alpha value is -1.44. The molecule has 1 aromatic carbocycles. The maximum atomic E-state index is 12.7. The van der Waals surface area contributed by atoms with E-state index >= 15 is 0 Å². The summed E-state index contributed by atoms with van der Waals surface area (Å²) in [4.78, 5) is 11.4. The van der Waals surface area contributed by atoms with E-state index in [2.05, 4.69) is 0 Å². The maximum absolute atomic E-state index is 12.7. The van der Waals surface area contributed by atoms with Crippen LogP contribution in [0.25, 0.3) is 0 Å². The van der Waals surface area contributed by atoms with Crippen LogP contribution in [0.3, 0.4) is 0 Å². The average Bonchev–Trinajstić information content (AvgIpc) is 2.88. The van der Waals surface area contributed by atoms with Crippen molar-refractivity contribution in [1.29, 1.82) is 0 Å². The number of nitrogens with zero attached hydrogens (tertiary/aromatic N) is 1. The molecule has 20 heavy (non-hydrogen) atoms. The molecule has 1 aliphatic heterocycles. The SMILES string of the molecule is COC[C@@H]1CCCN1S(=O)(=O)c1ccccc1C(N)=O. The van der Waals surface area contributed by atoms with Crippen LogP contribution in [0.5, 0.6) is 0 Å². The summed E-state index contributed by atoms with van der Waals surface area (Å²) < 4.78 is 31.9. The maximum Gasteiger partial charge on any atom is 0.250 e. The monoisotopic (exact) mass is 298 g/mol. The smallest absolute Gasteiger partial charge is 0.250 e. The molecule has 0 bridgehead atoms. The van der Waals surface area contributed by atoms with Gasteiger partial charge in [0.1, 0.15) is 0 Å². The molecule has 0 spiro atoms. The highest BCUT2D eigenvalue weighted by Crippen LogP contribution is 2.27. The van der Waals surface area contributed by atoms with E-state index in [1.165, 1.54) is 16.4 Å². The Balaban J connectivity index is 2.43. The lowest BCUT2D eigenvalue weighted by molar-refractivity contribution is 0.0997. The van der Waals surface area contributed by atoms with Crippen molar-refractivity contribution in [2.75, 3.05) is 20.3 Å². The van der Waals surface area contributed by atoms with Crippen molar-refractivity contribution in [3.05, 3.63) is 29.8 Å². The third-order valence-electron chi connectivity index (χ3n) is 3.42. The molecule has 2 N–H and O–H groups in total. The lowest BCUT2D eigenvalue weighted by Crippen LogP contribution is -2.38. The van der Waals surface area contributed by atoms with E-state index in [-0.39, 0.29) is 16.5 Å². The van der Waals surface area contributed by atoms with Crippen LogP contribution in [0, 0.1) is 0 Å². The molecule has 1 atom stereocenters. The van der Waals surface area contributed by atoms with Gasteiger partial charge in [-0.1, -0.05) is 12.1 Å². The molecular weight excluding hydrogens is 280 g/mol. The number of primary amides is 1. The fourth-order valence-corrected chi connectivity index (χ4v) is 4.38. The third-order valence-corrected chi connectivity index (χ3v) is 5.43. The van der Waals surface area contributed by atoms with Gasteiger partial charge in [-0.2, -0.15) is 4.31 Å². The Bertz CT molecular complexity index is 600. The van der Waals surface area contributed by atoms with E-state index in [9.17, 15) is 13.2 Å². The molecule has 0 radical (unpaired) electrons. The topological polar surface area (TPSA) is 89.7 Å². The van der Waals surface area contributed by atoms with Crippen molar-refractivity contribution in [1.82, 2.24) is 4.31 Å². The minimum atomic E-state index is -3.73. The second kappa shape index (κ2) is 5.90. The molecule has 1 aliphatic rings.